The molecule has 0 saturated carbocycles. The van der Waals surface area contributed by atoms with Crippen molar-refractivity contribution in [3.8, 4) is 0 Å². The summed E-state index contributed by atoms with van der Waals surface area (Å²) in [5.41, 5.74) is 0. The van der Waals surface area contributed by atoms with Gasteiger partial charge in [0.15, 0.2) is 0 Å². The molecule has 0 bridgehead atoms. The fourth-order valence-corrected chi connectivity index (χ4v) is 1.14. The normalized spacial score (nSPS) is 11.2. The van der Waals surface area contributed by atoms with E-state index in [1.165, 1.54) is 0 Å². The van der Waals surface area contributed by atoms with E-state index in [4.69, 9.17) is 4.42 Å². The lowest BCUT2D eigenvalue weighted by molar-refractivity contribution is 0.463. The molecule has 1 aromatic rings. The molecule has 0 aliphatic carbocycles. The molecule has 0 aliphatic heterocycles. The number of allylic oxidation sites excluding steroid dienone is 1. The second kappa shape index (κ2) is 5.60. The van der Waals surface area contributed by atoms with Crippen molar-refractivity contribution in [3.05, 3.63) is 35.8 Å². The van der Waals surface area contributed by atoms with Gasteiger partial charge >= 0.3 is 0 Å². The van der Waals surface area contributed by atoms with Gasteiger partial charge in [0.25, 0.3) is 0 Å². The Morgan fingerprint density at radius 1 is 1.46 bits per heavy atom. The molecular formula is C11H17NO. The van der Waals surface area contributed by atoms with Gasteiger partial charge in [-0.05, 0) is 38.9 Å². The third-order valence-electron chi connectivity index (χ3n) is 1.82. The second-order valence-corrected chi connectivity index (χ2v) is 3.05. The van der Waals surface area contributed by atoms with Crippen LogP contribution in [0.1, 0.15) is 24.9 Å². The van der Waals surface area contributed by atoms with Crippen LogP contribution in [0.4, 0.5) is 0 Å². The first kappa shape index (κ1) is 10.1. The summed E-state index contributed by atoms with van der Waals surface area (Å²) in [5, 5.41) is 3.30. The van der Waals surface area contributed by atoms with Crippen molar-refractivity contribution in [3.63, 3.8) is 0 Å². The zero-order valence-electron chi connectivity index (χ0n) is 8.34. The predicted octanol–water partition coefficient (Wildman–Crippen LogP) is 2.64. The highest BCUT2D eigenvalue weighted by Gasteiger charge is 1.95. The van der Waals surface area contributed by atoms with Gasteiger partial charge in [-0.25, -0.2) is 0 Å². The van der Waals surface area contributed by atoms with Crippen LogP contribution in [0, 0.1) is 6.92 Å². The maximum atomic E-state index is 5.41. The van der Waals surface area contributed by atoms with Crippen LogP contribution in [0.3, 0.4) is 0 Å². The van der Waals surface area contributed by atoms with Crippen LogP contribution in [-0.2, 0) is 6.54 Å². The Kier molecular flexibility index (Phi) is 4.33. The molecular weight excluding hydrogens is 162 g/mol. The maximum absolute atomic E-state index is 5.41. The summed E-state index contributed by atoms with van der Waals surface area (Å²) in [4.78, 5) is 0. The summed E-state index contributed by atoms with van der Waals surface area (Å²) in [7, 11) is 0. The van der Waals surface area contributed by atoms with Crippen LogP contribution in [0.15, 0.2) is 28.7 Å². The van der Waals surface area contributed by atoms with Crippen LogP contribution >= 0.6 is 0 Å². The molecule has 1 heterocycles. The van der Waals surface area contributed by atoms with Crippen LogP contribution in [0.2, 0.25) is 0 Å². The van der Waals surface area contributed by atoms with Gasteiger partial charge in [0.05, 0.1) is 6.54 Å². The van der Waals surface area contributed by atoms with Crippen LogP contribution in [0.25, 0.3) is 0 Å². The van der Waals surface area contributed by atoms with E-state index in [0.717, 1.165) is 31.0 Å². The molecule has 0 aromatic carbocycles. The number of aryl methyl sites for hydroxylation is 1. The zero-order chi connectivity index (χ0) is 9.52. The van der Waals surface area contributed by atoms with E-state index in [1.54, 1.807) is 0 Å². The minimum atomic E-state index is 0.825. The molecule has 2 heteroatoms. The number of hydrogen-bond acceptors (Lipinski definition) is 2. The average molecular weight is 179 g/mol. The molecule has 13 heavy (non-hydrogen) atoms. The summed E-state index contributed by atoms with van der Waals surface area (Å²) in [6.07, 6.45) is 5.30. The van der Waals surface area contributed by atoms with Gasteiger partial charge in [-0.15, -0.1) is 0 Å². The van der Waals surface area contributed by atoms with Crippen molar-refractivity contribution in [2.75, 3.05) is 6.54 Å². The van der Waals surface area contributed by atoms with E-state index in [2.05, 4.69) is 17.5 Å². The monoisotopic (exact) mass is 179 g/mol. The molecule has 0 atom stereocenters. The van der Waals surface area contributed by atoms with E-state index < -0.39 is 0 Å². The Bertz CT molecular complexity index is 263. The van der Waals surface area contributed by atoms with Crippen LogP contribution in [0.5, 0.6) is 0 Å². The molecule has 0 unspecified atom stereocenters. The van der Waals surface area contributed by atoms with Crippen molar-refractivity contribution < 1.29 is 4.42 Å². The molecule has 1 N–H and O–H groups in total. The molecule has 0 aliphatic rings. The fourth-order valence-electron chi connectivity index (χ4n) is 1.14. The summed E-state index contributed by atoms with van der Waals surface area (Å²) < 4.78 is 5.41. The predicted molar refractivity (Wildman–Crippen MR) is 54.6 cm³/mol. The Morgan fingerprint density at radius 3 is 2.92 bits per heavy atom. The summed E-state index contributed by atoms with van der Waals surface area (Å²) in [5.74, 6) is 1.99. The van der Waals surface area contributed by atoms with Gasteiger partial charge < -0.3 is 9.73 Å². The van der Waals surface area contributed by atoms with Crippen molar-refractivity contribution in [2.24, 2.45) is 0 Å². The van der Waals surface area contributed by atoms with Crippen LogP contribution < -0.4 is 5.32 Å². The highest BCUT2D eigenvalue weighted by molar-refractivity contribution is 5.05. The molecule has 1 aromatic heterocycles. The lowest BCUT2D eigenvalue weighted by Gasteiger charge is -1.98. The Morgan fingerprint density at radius 2 is 2.31 bits per heavy atom. The Labute approximate surface area is 79.6 Å². The zero-order valence-corrected chi connectivity index (χ0v) is 8.34. The van der Waals surface area contributed by atoms with E-state index in [0.29, 0.717) is 0 Å². The van der Waals surface area contributed by atoms with Gasteiger partial charge in [0.2, 0.25) is 0 Å². The highest BCUT2D eigenvalue weighted by atomic mass is 16.3. The van der Waals surface area contributed by atoms with Crippen molar-refractivity contribution in [2.45, 2.75) is 26.8 Å². The summed E-state index contributed by atoms with van der Waals surface area (Å²) >= 11 is 0. The first-order valence-corrected chi connectivity index (χ1v) is 4.70. The van der Waals surface area contributed by atoms with Gasteiger partial charge in [-0.3, -0.25) is 0 Å². The lowest BCUT2D eigenvalue weighted by Crippen LogP contribution is -2.13. The number of hydrogen-bond donors (Lipinski definition) is 1. The second-order valence-electron chi connectivity index (χ2n) is 3.05. The first-order chi connectivity index (χ1) is 6.33. The van der Waals surface area contributed by atoms with Gasteiger partial charge in [-0.1, -0.05) is 12.2 Å². The molecule has 0 amide bonds. The number of furan rings is 1. The van der Waals surface area contributed by atoms with Crippen molar-refractivity contribution in [1.29, 1.82) is 0 Å². The standard InChI is InChI=1S/C11H17NO/c1-3-4-5-8-12-9-11-7-6-10(2)13-11/h3-4,6-7,12H,5,8-9H2,1-2H3/b4-3+. The van der Waals surface area contributed by atoms with E-state index in [1.807, 2.05) is 26.0 Å². The largest absolute Gasteiger partial charge is 0.465 e. The molecule has 72 valence electrons. The van der Waals surface area contributed by atoms with E-state index >= 15 is 0 Å². The van der Waals surface area contributed by atoms with Crippen molar-refractivity contribution in [1.82, 2.24) is 5.32 Å². The maximum Gasteiger partial charge on any atom is 0.117 e. The summed E-state index contributed by atoms with van der Waals surface area (Å²) in [6.45, 7) is 5.83. The number of nitrogens with one attached hydrogen (secondary N) is 1. The third kappa shape index (κ3) is 3.95. The molecule has 0 spiro atoms. The Balaban J connectivity index is 2.13. The van der Waals surface area contributed by atoms with Crippen molar-refractivity contribution >= 4 is 0 Å². The topological polar surface area (TPSA) is 25.2 Å². The summed E-state index contributed by atoms with van der Waals surface area (Å²) in [6, 6.07) is 4.00. The van der Waals surface area contributed by atoms with Gasteiger partial charge in [0.1, 0.15) is 11.5 Å². The third-order valence-corrected chi connectivity index (χ3v) is 1.82. The SMILES string of the molecule is C/C=C/CCNCc1ccc(C)o1. The fraction of sp³-hybridized carbons (Fsp3) is 0.455. The first-order valence-electron chi connectivity index (χ1n) is 4.70. The quantitative estimate of drug-likeness (QED) is 0.555. The lowest BCUT2D eigenvalue weighted by atomic mass is 10.3. The average Bonchev–Trinajstić information content (AvgIpc) is 2.51. The molecule has 1 rings (SSSR count). The molecule has 0 radical (unpaired) electrons. The van der Waals surface area contributed by atoms with Gasteiger partial charge in [0, 0.05) is 0 Å². The van der Waals surface area contributed by atoms with E-state index in [9.17, 15) is 0 Å². The number of rotatable bonds is 5. The smallest absolute Gasteiger partial charge is 0.117 e. The minimum absolute atomic E-state index is 0.825. The molecule has 0 fully saturated rings. The van der Waals surface area contributed by atoms with Crippen LogP contribution in [-0.4, -0.2) is 6.54 Å². The minimum Gasteiger partial charge on any atom is -0.465 e. The van der Waals surface area contributed by atoms with E-state index in [-0.39, 0.29) is 0 Å². The highest BCUT2D eigenvalue weighted by Crippen LogP contribution is 2.05. The van der Waals surface area contributed by atoms with Gasteiger partial charge in [-0.2, -0.15) is 0 Å². The molecule has 0 saturated heterocycles. The molecule has 2 nitrogen and oxygen atoms in total. The Hall–Kier alpha value is -1.02.